The molecule has 0 aliphatic carbocycles. The van der Waals surface area contributed by atoms with Crippen molar-refractivity contribution < 1.29 is 24.5 Å². The lowest BCUT2D eigenvalue weighted by Gasteiger charge is -2.12. The molecular formula is C22H24N4O5. The van der Waals surface area contributed by atoms with Crippen LogP contribution in [0.3, 0.4) is 0 Å². The van der Waals surface area contributed by atoms with Gasteiger partial charge >= 0.3 is 0 Å². The average Bonchev–Trinajstić information content (AvgIpc) is 2.81. The zero-order valence-corrected chi connectivity index (χ0v) is 17.2. The maximum atomic E-state index is 11.7. The number of hydrogen-bond donors (Lipinski definition) is 4. The second kappa shape index (κ2) is 10.4. The van der Waals surface area contributed by atoms with Crippen LogP contribution in [-0.4, -0.2) is 59.6 Å². The Morgan fingerprint density at radius 2 is 1.84 bits per heavy atom. The second-order valence-corrected chi connectivity index (χ2v) is 6.61. The highest BCUT2D eigenvalue weighted by Crippen LogP contribution is 2.34. The average molecular weight is 424 g/mol. The quantitative estimate of drug-likeness (QED) is 0.384. The molecule has 0 spiro atoms. The van der Waals surface area contributed by atoms with E-state index >= 15 is 0 Å². The Labute approximate surface area is 179 Å². The van der Waals surface area contributed by atoms with Crippen LogP contribution in [0.1, 0.15) is 5.56 Å². The highest BCUT2D eigenvalue weighted by molar-refractivity contribution is 5.93. The molecule has 0 saturated heterocycles. The number of carbonyl (C=O) groups excluding carboxylic acids is 1. The molecule has 0 aliphatic rings. The van der Waals surface area contributed by atoms with Gasteiger partial charge in [-0.3, -0.25) is 4.79 Å². The van der Waals surface area contributed by atoms with E-state index in [2.05, 4.69) is 20.6 Å². The number of nitrogens with one attached hydrogen (secondary N) is 2. The number of aliphatic hydroxyl groups is 2. The van der Waals surface area contributed by atoms with Gasteiger partial charge in [0.15, 0.2) is 11.5 Å². The minimum atomic E-state index is -0.971. The van der Waals surface area contributed by atoms with Crippen molar-refractivity contribution >= 4 is 34.4 Å². The van der Waals surface area contributed by atoms with Gasteiger partial charge in [0.05, 0.1) is 32.4 Å². The Hall–Kier alpha value is -3.69. The van der Waals surface area contributed by atoms with Crippen molar-refractivity contribution in [3.63, 3.8) is 0 Å². The number of ether oxygens (including phenoxy) is 2. The predicted molar refractivity (Wildman–Crippen MR) is 118 cm³/mol. The minimum absolute atomic E-state index is 0.00786. The molecule has 9 nitrogen and oxygen atoms in total. The van der Waals surface area contributed by atoms with Gasteiger partial charge in [0.2, 0.25) is 5.91 Å². The fraction of sp³-hybridized carbons (Fsp3) is 0.227. The summed E-state index contributed by atoms with van der Waals surface area (Å²) in [6.07, 6.45) is 3.52. The Bertz CT molecular complexity index is 1070. The van der Waals surface area contributed by atoms with E-state index in [0.29, 0.717) is 22.8 Å². The number of hydrogen-bond acceptors (Lipinski definition) is 8. The van der Waals surface area contributed by atoms with E-state index in [1.165, 1.54) is 12.4 Å². The Morgan fingerprint density at radius 3 is 2.52 bits per heavy atom. The van der Waals surface area contributed by atoms with Gasteiger partial charge in [0.25, 0.3) is 0 Å². The summed E-state index contributed by atoms with van der Waals surface area (Å²) in [7, 11) is 3.14. The zero-order valence-electron chi connectivity index (χ0n) is 17.2. The highest BCUT2D eigenvalue weighted by atomic mass is 16.5. The smallest absolute Gasteiger partial charge is 0.244 e. The van der Waals surface area contributed by atoms with Gasteiger partial charge in [-0.25, -0.2) is 9.97 Å². The number of aliphatic hydroxyl groups excluding tert-OH is 2. The van der Waals surface area contributed by atoms with Crippen LogP contribution in [0, 0.1) is 0 Å². The van der Waals surface area contributed by atoms with Gasteiger partial charge < -0.3 is 30.3 Å². The second-order valence-electron chi connectivity index (χ2n) is 6.61. The summed E-state index contributed by atoms with van der Waals surface area (Å²) >= 11 is 0. The molecule has 162 valence electrons. The van der Waals surface area contributed by atoms with E-state index in [1.54, 1.807) is 26.4 Å². The van der Waals surface area contributed by atoms with Crippen LogP contribution in [0.2, 0.25) is 0 Å². The third-order valence-corrected chi connectivity index (χ3v) is 4.46. The van der Waals surface area contributed by atoms with E-state index in [4.69, 9.17) is 14.6 Å². The summed E-state index contributed by atoms with van der Waals surface area (Å²) in [6.45, 7) is -0.410. The first-order chi connectivity index (χ1) is 15.0. The first-order valence-electron chi connectivity index (χ1n) is 9.52. The molecular weight excluding hydrogens is 400 g/mol. The highest BCUT2D eigenvalue weighted by Gasteiger charge is 2.11. The molecule has 4 N–H and O–H groups in total. The molecule has 0 saturated carbocycles. The van der Waals surface area contributed by atoms with Gasteiger partial charge in [-0.05, 0) is 29.8 Å². The van der Waals surface area contributed by atoms with Crippen molar-refractivity contribution in [1.29, 1.82) is 0 Å². The van der Waals surface area contributed by atoms with Gasteiger partial charge in [0.1, 0.15) is 12.1 Å². The summed E-state index contributed by atoms with van der Waals surface area (Å²) in [4.78, 5) is 20.4. The number of rotatable bonds is 9. The van der Waals surface area contributed by atoms with Gasteiger partial charge in [-0.15, -0.1) is 0 Å². The summed E-state index contributed by atoms with van der Waals surface area (Å²) in [5.41, 5.74) is 2.34. The maximum absolute atomic E-state index is 11.7. The van der Waals surface area contributed by atoms with E-state index in [-0.39, 0.29) is 12.5 Å². The van der Waals surface area contributed by atoms with E-state index in [0.717, 1.165) is 16.6 Å². The monoisotopic (exact) mass is 424 g/mol. The van der Waals surface area contributed by atoms with Crippen LogP contribution in [0.15, 0.2) is 48.8 Å². The van der Waals surface area contributed by atoms with Crippen molar-refractivity contribution in [2.75, 3.05) is 32.7 Å². The van der Waals surface area contributed by atoms with Crippen LogP contribution in [-0.2, 0) is 4.79 Å². The summed E-state index contributed by atoms with van der Waals surface area (Å²) in [6, 6.07) is 11.0. The molecule has 2 aromatic carbocycles. The van der Waals surface area contributed by atoms with E-state index < -0.39 is 12.7 Å². The number of carbonyl (C=O) groups is 1. The number of nitrogens with zero attached hydrogens (tertiary/aromatic N) is 2. The minimum Gasteiger partial charge on any atom is -0.493 e. The SMILES string of the molecule is COc1cc2ncnc(Nc3ccc(C=CC(=O)NCC(O)CO)cc3)c2cc1OC. The molecule has 1 heterocycles. The van der Waals surface area contributed by atoms with Crippen LogP contribution in [0.5, 0.6) is 11.5 Å². The first kappa shape index (κ1) is 22.0. The van der Waals surface area contributed by atoms with Crippen molar-refractivity contribution in [1.82, 2.24) is 15.3 Å². The summed E-state index contributed by atoms with van der Waals surface area (Å²) in [5.74, 6) is 1.44. The largest absolute Gasteiger partial charge is 0.493 e. The molecule has 0 fully saturated rings. The molecule has 1 aromatic heterocycles. The van der Waals surface area contributed by atoms with Crippen molar-refractivity contribution in [2.45, 2.75) is 6.10 Å². The summed E-state index contributed by atoms with van der Waals surface area (Å²) < 4.78 is 10.7. The van der Waals surface area contributed by atoms with Crippen molar-refractivity contribution in [2.24, 2.45) is 0 Å². The number of fused-ring (bicyclic) bond motifs is 1. The fourth-order valence-electron chi connectivity index (χ4n) is 2.81. The molecule has 1 atom stereocenters. The molecule has 1 amide bonds. The topological polar surface area (TPSA) is 126 Å². The van der Waals surface area contributed by atoms with Crippen LogP contribution >= 0.6 is 0 Å². The number of benzene rings is 2. The lowest BCUT2D eigenvalue weighted by molar-refractivity contribution is -0.117. The normalized spacial score (nSPS) is 12.0. The number of anilines is 2. The predicted octanol–water partition coefficient (Wildman–Crippen LogP) is 1.87. The molecule has 1 unspecified atom stereocenters. The van der Waals surface area contributed by atoms with Gasteiger partial charge in [-0.2, -0.15) is 0 Å². The molecule has 31 heavy (non-hydrogen) atoms. The van der Waals surface area contributed by atoms with Crippen LogP contribution in [0.25, 0.3) is 17.0 Å². The molecule has 3 rings (SSSR count). The van der Waals surface area contributed by atoms with E-state index in [1.807, 2.05) is 30.3 Å². The van der Waals surface area contributed by atoms with Crippen molar-refractivity contribution in [3.05, 3.63) is 54.4 Å². The Morgan fingerprint density at radius 1 is 1.13 bits per heavy atom. The zero-order chi connectivity index (χ0) is 22.2. The Balaban J connectivity index is 1.72. The first-order valence-corrected chi connectivity index (χ1v) is 9.52. The molecule has 0 bridgehead atoms. The number of methoxy groups -OCH3 is 2. The Kier molecular flexibility index (Phi) is 7.36. The van der Waals surface area contributed by atoms with Crippen LogP contribution < -0.4 is 20.1 Å². The molecule has 9 heteroatoms. The molecule has 0 aliphatic heterocycles. The van der Waals surface area contributed by atoms with Gasteiger partial charge in [-0.1, -0.05) is 12.1 Å². The number of aromatic nitrogens is 2. The maximum Gasteiger partial charge on any atom is 0.244 e. The summed E-state index contributed by atoms with van der Waals surface area (Å²) in [5, 5.41) is 24.5. The standard InChI is InChI=1S/C22H24N4O5/c1-30-19-9-17-18(10-20(19)31-2)24-13-25-22(17)26-15-6-3-14(4-7-15)5-8-21(29)23-11-16(28)12-27/h3-10,13,16,27-28H,11-12H2,1-2H3,(H,23,29)(H,24,25,26). The third kappa shape index (κ3) is 5.68. The molecule has 0 radical (unpaired) electrons. The van der Waals surface area contributed by atoms with Crippen LogP contribution in [0.4, 0.5) is 11.5 Å². The lowest BCUT2D eigenvalue weighted by Crippen LogP contribution is -2.32. The van der Waals surface area contributed by atoms with E-state index in [9.17, 15) is 9.90 Å². The molecule has 3 aromatic rings. The van der Waals surface area contributed by atoms with Crippen molar-refractivity contribution in [3.8, 4) is 11.5 Å². The fourth-order valence-corrected chi connectivity index (χ4v) is 2.81. The third-order valence-electron chi connectivity index (χ3n) is 4.46. The lowest BCUT2D eigenvalue weighted by atomic mass is 10.1. The van der Waals surface area contributed by atoms with Gasteiger partial charge in [0, 0.05) is 29.8 Å². The number of amides is 1.